The van der Waals surface area contributed by atoms with Crippen LogP contribution in [0.5, 0.6) is 0 Å². The van der Waals surface area contributed by atoms with Gasteiger partial charge in [-0.2, -0.15) is 0 Å². The highest BCUT2D eigenvalue weighted by atomic mass is 16.8. The average molecular weight is 1190 g/mol. The summed E-state index contributed by atoms with van der Waals surface area (Å²) in [7, 11) is 0. The Kier molecular flexibility index (Phi) is 23.6. The number of aliphatic hydroxyl groups is 22. The van der Waals surface area contributed by atoms with Gasteiger partial charge in [0.2, 0.25) is 5.91 Å². The minimum atomic E-state index is -2.33. The normalized spacial score (nSPS) is 51.9. The molecule has 23 N–H and O–H groups in total. The average Bonchev–Trinajstić information content (AvgIpc) is 3.62. The monoisotopic (exact) mass is 1190 g/mol. The van der Waals surface area contributed by atoms with Gasteiger partial charge >= 0.3 is 0 Å². The van der Waals surface area contributed by atoms with Crippen molar-refractivity contribution < 1.29 is 179 Å². The maximum absolute atomic E-state index is 12.0. The number of aliphatic hydroxyl groups excluding tert-OH is 22. The molecule has 0 radical (unpaired) electrons. The molecule has 37 heteroatoms. The molecule has 7 heterocycles. The summed E-state index contributed by atoms with van der Waals surface area (Å²) in [5.74, 6) is -0.788. The maximum atomic E-state index is 12.0. The van der Waals surface area contributed by atoms with Crippen molar-refractivity contribution in [3.8, 4) is 0 Å². The van der Waals surface area contributed by atoms with Crippen molar-refractivity contribution >= 4 is 5.91 Å². The summed E-state index contributed by atoms with van der Waals surface area (Å²) < 4.78 is 73.3. The largest absolute Gasteiger partial charge is 0.394 e. The molecule has 7 fully saturated rings. The number of rotatable bonds is 20. The lowest BCUT2D eigenvalue weighted by molar-refractivity contribution is -0.386. The number of carbonyl (C=O) groups is 1. The van der Waals surface area contributed by atoms with Gasteiger partial charge in [0.25, 0.3) is 0 Å². The Hall–Kier alpha value is -1.93. The van der Waals surface area contributed by atoms with E-state index in [0.29, 0.717) is 0 Å². The molecule has 1 amide bonds. The van der Waals surface area contributed by atoms with Crippen LogP contribution in [0.3, 0.4) is 0 Å². The molecule has 472 valence electrons. The van der Waals surface area contributed by atoms with E-state index in [9.17, 15) is 117 Å². The van der Waals surface area contributed by atoms with E-state index >= 15 is 0 Å². The molecule has 7 aliphatic rings. The van der Waals surface area contributed by atoms with Crippen molar-refractivity contribution in [2.45, 2.75) is 222 Å². The van der Waals surface area contributed by atoms with Crippen LogP contribution in [0.4, 0.5) is 0 Å². The summed E-state index contributed by atoms with van der Waals surface area (Å²) in [6.07, 6.45) is -67.0. The zero-order valence-electron chi connectivity index (χ0n) is 42.7. The highest BCUT2D eigenvalue weighted by Crippen LogP contribution is 2.36. The molecule has 35 atom stereocenters. The number of amides is 1. The minimum absolute atomic E-state index is 0.788. The van der Waals surface area contributed by atoms with Crippen LogP contribution in [-0.2, 0) is 66.4 Å². The van der Waals surface area contributed by atoms with Crippen LogP contribution in [0.25, 0.3) is 0 Å². The Balaban J connectivity index is 1.15. The lowest BCUT2D eigenvalue weighted by Gasteiger charge is -2.49. The van der Waals surface area contributed by atoms with Crippen molar-refractivity contribution in [3.63, 3.8) is 0 Å². The fourth-order valence-electron chi connectivity index (χ4n) is 10.1. The predicted molar refractivity (Wildman–Crippen MR) is 243 cm³/mol. The van der Waals surface area contributed by atoms with Crippen molar-refractivity contribution in [2.24, 2.45) is 0 Å². The first-order valence-electron chi connectivity index (χ1n) is 25.6. The molecule has 0 saturated carbocycles. The number of carbonyl (C=O) groups excluding carboxylic acids is 1. The fourth-order valence-corrected chi connectivity index (χ4v) is 10.1. The molecule has 0 spiro atoms. The van der Waals surface area contributed by atoms with Gasteiger partial charge in [-0.05, 0) is 0 Å². The molecule has 7 saturated heterocycles. The van der Waals surface area contributed by atoms with Gasteiger partial charge in [0, 0.05) is 6.92 Å². The SMILES string of the molecule is CC(=O)N[C@H]1C(O)O[C@H](CO)[C@@H](O[C@@H]2O[C@H](CO[C@H]3O[C@H](CO[C@H]4O[C@H](CO)[C@@H](O)[C@H](O)[C@@H]4O)[C@@H](O)[C@H](O[C@H]4O[C@H](CO)[C@@H](O)[C@H](O)[C@@H]4O)[C@@H]3O)[C@@H](O)[C@H](O[C@H]3O[C@H](CO[C@H]4O[C@H](CO)[C@@H](O)[C@H](O)[C@@H]4O)[C@@H](O)[C@H](O)[C@@H]3O)[C@@H]2O)[C@@H]1O. The first kappa shape index (κ1) is 66.6. The summed E-state index contributed by atoms with van der Waals surface area (Å²) >= 11 is 0. The zero-order valence-corrected chi connectivity index (χ0v) is 42.7. The summed E-state index contributed by atoms with van der Waals surface area (Å²) in [5.41, 5.74) is 0. The quantitative estimate of drug-likeness (QED) is 0.0538. The second kappa shape index (κ2) is 28.7. The number of ether oxygens (including phenoxy) is 13. The summed E-state index contributed by atoms with van der Waals surface area (Å²) in [6.45, 7) is -5.50. The van der Waals surface area contributed by atoms with E-state index in [1.165, 1.54) is 0 Å². The molecule has 0 aromatic rings. The van der Waals surface area contributed by atoms with Crippen molar-refractivity contribution in [3.05, 3.63) is 0 Å². The van der Waals surface area contributed by atoms with Crippen molar-refractivity contribution in [2.75, 3.05) is 46.2 Å². The van der Waals surface area contributed by atoms with Crippen LogP contribution in [0.15, 0.2) is 0 Å². The van der Waals surface area contributed by atoms with Gasteiger partial charge in [0.15, 0.2) is 44.0 Å². The molecule has 7 aliphatic heterocycles. The van der Waals surface area contributed by atoms with Gasteiger partial charge in [0.05, 0.1) is 46.2 Å². The van der Waals surface area contributed by atoms with Gasteiger partial charge in [-0.3, -0.25) is 4.79 Å². The van der Waals surface area contributed by atoms with Gasteiger partial charge in [-0.25, -0.2) is 0 Å². The Labute approximate surface area is 457 Å². The van der Waals surface area contributed by atoms with Crippen LogP contribution in [0, 0.1) is 0 Å². The first-order chi connectivity index (χ1) is 38.3. The van der Waals surface area contributed by atoms with Crippen LogP contribution < -0.4 is 5.32 Å². The second-order valence-corrected chi connectivity index (χ2v) is 20.4. The zero-order chi connectivity index (χ0) is 59.6. The summed E-state index contributed by atoms with van der Waals surface area (Å²) in [5, 5.41) is 237. The van der Waals surface area contributed by atoms with E-state index in [4.69, 9.17) is 61.6 Å². The van der Waals surface area contributed by atoms with Gasteiger partial charge < -0.3 is 179 Å². The van der Waals surface area contributed by atoms with Gasteiger partial charge in [0.1, 0.15) is 171 Å². The Morgan fingerprint density at radius 1 is 0.321 bits per heavy atom. The van der Waals surface area contributed by atoms with E-state index in [0.717, 1.165) is 6.92 Å². The topological polar surface area (TPSA) is 594 Å². The van der Waals surface area contributed by atoms with Crippen LogP contribution >= 0.6 is 0 Å². The standard InChI is InChI=1S/C44H75NO36/c1-9(50)45-17-24(57)35(13(5-49)72-38(17)68)79-44-34(67)37(81-43-32(65)28(61)21(54)14(77-43)6-69-39-29(62)25(58)18(51)10(2-46)73-39)23(56)16(78-44)8-71-41-33(66)36(80-42-31(64)27(60)20(53)12(4-48)75-42)22(55)15(76-41)7-70-40-30(63)26(59)19(52)11(3-47)74-40/h10-44,46-49,51-68H,2-8H2,1H3,(H,45,50)/t10-,11-,12-,13-,14-,15-,16-,17-,18-,19-,20-,21-,22-,23-,24-,25+,26+,27+,28+,29+,30+,31+,32+,33+,34+,35-,36+,37+,38?,39+,40+,41+,42-,43-,44+/m1/s1. The van der Waals surface area contributed by atoms with E-state index in [1.54, 1.807) is 0 Å². The molecule has 37 nitrogen and oxygen atoms in total. The molecule has 0 aromatic heterocycles. The molecular weight excluding hydrogens is 1120 g/mol. The predicted octanol–water partition coefficient (Wildman–Crippen LogP) is -16.1. The molecule has 0 aliphatic carbocycles. The Bertz CT molecular complexity index is 1940. The number of nitrogens with one attached hydrogen (secondary N) is 1. The minimum Gasteiger partial charge on any atom is -0.394 e. The molecular formula is C44H75NO36. The fraction of sp³-hybridized carbons (Fsp3) is 0.977. The molecule has 0 bridgehead atoms. The third-order valence-electron chi connectivity index (χ3n) is 14.9. The highest BCUT2D eigenvalue weighted by molar-refractivity contribution is 5.73. The summed E-state index contributed by atoms with van der Waals surface area (Å²) in [6, 6.07) is -1.66. The lowest BCUT2D eigenvalue weighted by atomic mass is 9.95. The third-order valence-corrected chi connectivity index (χ3v) is 14.9. The second-order valence-electron chi connectivity index (χ2n) is 20.4. The van der Waals surface area contributed by atoms with E-state index in [2.05, 4.69) is 5.32 Å². The van der Waals surface area contributed by atoms with Crippen LogP contribution in [0.1, 0.15) is 6.92 Å². The first-order valence-corrected chi connectivity index (χ1v) is 25.6. The number of hydrogen-bond donors (Lipinski definition) is 23. The lowest BCUT2D eigenvalue weighted by Crippen LogP contribution is -2.68. The Morgan fingerprint density at radius 3 is 0.988 bits per heavy atom. The van der Waals surface area contributed by atoms with Gasteiger partial charge in [-0.15, -0.1) is 0 Å². The highest BCUT2D eigenvalue weighted by Gasteiger charge is 2.57. The van der Waals surface area contributed by atoms with Crippen LogP contribution in [0.2, 0.25) is 0 Å². The van der Waals surface area contributed by atoms with E-state index in [-0.39, 0.29) is 0 Å². The molecule has 81 heavy (non-hydrogen) atoms. The van der Waals surface area contributed by atoms with Crippen molar-refractivity contribution in [1.29, 1.82) is 0 Å². The molecule has 1 unspecified atom stereocenters. The summed E-state index contributed by atoms with van der Waals surface area (Å²) in [4.78, 5) is 12.0. The van der Waals surface area contributed by atoms with Crippen LogP contribution in [-0.4, -0.2) is 379 Å². The van der Waals surface area contributed by atoms with Gasteiger partial charge in [-0.1, -0.05) is 0 Å². The third kappa shape index (κ3) is 14.4. The maximum Gasteiger partial charge on any atom is 0.217 e. The smallest absolute Gasteiger partial charge is 0.217 e. The Morgan fingerprint density at radius 2 is 0.605 bits per heavy atom. The van der Waals surface area contributed by atoms with E-state index < -0.39 is 267 Å². The van der Waals surface area contributed by atoms with Crippen molar-refractivity contribution in [1.82, 2.24) is 5.32 Å². The molecule has 0 aromatic carbocycles. The molecule has 7 rings (SSSR count). The van der Waals surface area contributed by atoms with E-state index in [1.807, 2.05) is 0 Å². The number of hydrogen-bond acceptors (Lipinski definition) is 36.